The van der Waals surface area contributed by atoms with Crippen molar-refractivity contribution in [2.24, 2.45) is 5.41 Å². The third-order valence-electron chi connectivity index (χ3n) is 2.94. The van der Waals surface area contributed by atoms with Gasteiger partial charge in [0.15, 0.2) is 5.41 Å². The van der Waals surface area contributed by atoms with E-state index in [0.29, 0.717) is 12.8 Å². The number of esters is 2. The van der Waals surface area contributed by atoms with E-state index in [-0.39, 0.29) is 0 Å². The third kappa shape index (κ3) is 2.70. The van der Waals surface area contributed by atoms with E-state index in [4.69, 9.17) is 9.47 Å². The molecule has 1 aliphatic heterocycles. The van der Waals surface area contributed by atoms with Gasteiger partial charge >= 0.3 is 11.9 Å². The smallest absolute Gasteiger partial charge is 0.323 e. The second kappa shape index (κ2) is 6.13. The van der Waals surface area contributed by atoms with Gasteiger partial charge < -0.3 is 9.47 Å². The second-order valence-corrected chi connectivity index (χ2v) is 5.11. The molecule has 1 rings (SSSR count). The van der Waals surface area contributed by atoms with Gasteiger partial charge in [0, 0.05) is 0 Å². The van der Waals surface area contributed by atoms with Crippen molar-refractivity contribution < 1.29 is 19.1 Å². The Kier molecular flexibility index (Phi) is 5.12. The van der Waals surface area contributed by atoms with Crippen molar-refractivity contribution in [1.29, 1.82) is 0 Å². The van der Waals surface area contributed by atoms with Crippen LogP contribution in [0.3, 0.4) is 0 Å². The van der Waals surface area contributed by atoms with Gasteiger partial charge in [0.05, 0.1) is 14.2 Å². The largest absolute Gasteiger partial charge is 0.468 e. The highest BCUT2D eigenvalue weighted by molar-refractivity contribution is 7.99. The average Bonchev–Trinajstić information content (AvgIpc) is 2.27. The van der Waals surface area contributed by atoms with E-state index in [2.05, 4.69) is 0 Å². The van der Waals surface area contributed by atoms with Crippen LogP contribution in [0.1, 0.15) is 25.7 Å². The van der Waals surface area contributed by atoms with Crippen LogP contribution in [0.2, 0.25) is 0 Å². The molecule has 5 heteroatoms. The van der Waals surface area contributed by atoms with E-state index >= 15 is 0 Å². The number of thioether (sulfide) groups is 1. The zero-order chi connectivity index (χ0) is 12.0. The van der Waals surface area contributed by atoms with Gasteiger partial charge in [-0.05, 0) is 37.2 Å². The van der Waals surface area contributed by atoms with Crippen LogP contribution in [-0.4, -0.2) is 37.7 Å². The van der Waals surface area contributed by atoms with Gasteiger partial charge in [-0.1, -0.05) is 0 Å². The number of ether oxygens (including phenoxy) is 2. The lowest BCUT2D eigenvalue weighted by atomic mass is 9.79. The van der Waals surface area contributed by atoms with Gasteiger partial charge in [-0.15, -0.1) is 0 Å². The molecule has 0 bridgehead atoms. The topological polar surface area (TPSA) is 52.6 Å². The van der Waals surface area contributed by atoms with Gasteiger partial charge in [0.25, 0.3) is 0 Å². The summed E-state index contributed by atoms with van der Waals surface area (Å²) in [6.07, 6.45) is 2.74. The normalized spacial score (nSPS) is 20.4. The molecule has 0 saturated carbocycles. The minimum Gasteiger partial charge on any atom is -0.468 e. The molecule has 4 nitrogen and oxygen atoms in total. The molecule has 1 aliphatic rings. The van der Waals surface area contributed by atoms with E-state index in [1.165, 1.54) is 14.2 Å². The average molecular weight is 246 g/mol. The Morgan fingerprint density at radius 2 is 1.44 bits per heavy atom. The SMILES string of the molecule is COC(=O)C1(C(=O)OC)CCCSCCC1. The van der Waals surface area contributed by atoms with Crippen LogP contribution in [0.4, 0.5) is 0 Å². The fourth-order valence-corrected chi connectivity index (χ4v) is 2.96. The van der Waals surface area contributed by atoms with Crippen molar-refractivity contribution >= 4 is 23.7 Å². The summed E-state index contributed by atoms with van der Waals surface area (Å²) in [7, 11) is 2.64. The highest BCUT2D eigenvalue weighted by atomic mass is 32.2. The fourth-order valence-electron chi connectivity index (χ4n) is 2.06. The molecule has 0 unspecified atom stereocenters. The molecule has 0 aromatic heterocycles. The maximum Gasteiger partial charge on any atom is 0.323 e. The highest BCUT2D eigenvalue weighted by Gasteiger charge is 2.47. The predicted molar refractivity (Wildman–Crippen MR) is 62.3 cm³/mol. The first-order chi connectivity index (χ1) is 7.67. The number of carbonyl (C=O) groups is 2. The Morgan fingerprint density at radius 1 is 1.00 bits per heavy atom. The fraction of sp³-hybridized carbons (Fsp3) is 0.818. The first kappa shape index (κ1) is 13.4. The Balaban J connectivity index is 2.89. The molecule has 1 saturated heterocycles. The van der Waals surface area contributed by atoms with Crippen molar-refractivity contribution in [2.45, 2.75) is 25.7 Å². The molecule has 0 radical (unpaired) electrons. The number of methoxy groups -OCH3 is 2. The summed E-state index contributed by atoms with van der Waals surface area (Å²) in [6, 6.07) is 0. The Hall–Kier alpha value is -0.710. The Bertz CT molecular complexity index is 239. The zero-order valence-corrected chi connectivity index (χ0v) is 10.6. The number of hydrogen-bond acceptors (Lipinski definition) is 5. The van der Waals surface area contributed by atoms with Crippen molar-refractivity contribution in [1.82, 2.24) is 0 Å². The first-order valence-electron chi connectivity index (χ1n) is 5.42. The lowest BCUT2D eigenvalue weighted by Gasteiger charge is -2.29. The first-order valence-corrected chi connectivity index (χ1v) is 6.57. The number of carbonyl (C=O) groups excluding carboxylic acids is 2. The summed E-state index contributed by atoms with van der Waals surface area (Å²) in [5.41, 5.74) is -1.06. The molecule has 1 fully saturated rings. The van der Waals surface area contributed by atoms with Crippen LogP contribution in [0.25, 0.3) is 0 Å². The van der Waals surface area contributed by atoms with Gasteiger partial charge in [-0.3, -0.25) is 9.59 Å². The van der Waals surface area contributed by atoms with E-state index in [0.717, 1.165) is 24.3 Å². The van der Waals surface area contributed by atoms with E-state index in [9.17, 15) is 9.59 Å². The molecular weight excluding hydrogens is 228 g/mol. The number of rotatable bonds is 2. The Morgan fingerprint density at radius 3 is 1.81 bits per heavy atom. The summed E-state index contributed by atoms with van der Waals surface area (Å²) in [5.74, 6) is 1.06. The summed E-state index contributed by atoms with van der Waals surface area (Å²) >= 11 is 1.86. The van der Waals surface area contributed by atoms with Crippen LogP contribution >= 0.6 is 11.8 Å². The quantitative estimate of drug-likeness (QED) is 0.547. The second-order valence-electron chi connectivity index (χ2n) is 3.88. The van der Waals surface area contributed by atoms with E-state index in [1.807, 2.05) is 11.8 Å². The summed E-state index contributed by atoms with van der Waals surface area (Å²) < 4.78 is 9.53. The third-order valence-corrected chi connectivity index (χ3v) is 4.09. The van der Waals surface area contributed by atoms with Gasteiger partial charge in [0.2, 0.25) is 0 Å². The van der Waals surface area contributed by atoms with Crippen LogP contribution in [0.5, 0.6) is 0 Å². The molecule has 0 N–H and O–H groups in total. The molecule has 0 atom stereocenters. The minimum absolute atomic E-state index is 0.453. The summed E-state index contributed by atoms with van der Waals surface area (Å²) in [6.45, 7) is 0. The molecule has 0 aromatic rings. The van der Waals surface area contributed by atoms with Crippen LogP contribution in [0, 0.1) is 5.41 Å². The maximum atomic E-state index is 11.8. The molecule has 0 amide bonds. The maximum absolute atomic E-state index is 11.8. The molecule has 0 spiro atoms. The van der Waals surface area contributed by atoms with Crippen LogP contribution < -0.4 is 0 Å². The monoisotopic (exact) mass is 246 g/mol. The van der Waals surface area contributed by atoms with E-state index in [1.54, 1.807) is 0 Å². The van der Waals surface area contributed by atoms with Crippen molar-refractivity contribution in [3.63, 3.8) is 0 Å². The Labute approximate surface area is 100 Å². The highest BCUT2D eigenvalue weighted by Crippen LogP contribution is 2.36. The molecule has 16 heavy (non-hydrogen) atoms. The molecular formula is C11H18O4S. The zero-order valence-electron chi connectivity index (χ0n) is 9.78. The van der Waals surface area contributed by atoms with E-state index < -0.39 is 17.4 Å². The summed E-state index contributed by atoms with van der Waals surface area (Å²) in [5, 5.41) is 0. The molecule has 0 aromatic carbocycles. The standard InChI is InChI=1S/C11H18O4S/c1-14-9(12)11(10(13)15-2)5-3-7-16-8-4-6-11/h3-8H2,1-2H3. The van der Waals surface area contributed by atoms with Gasteiger partial charge in [0.1, 0.15) is 0 Å². The molecule has 92 valence electrons. The van der Waals surface area contributed by atoms with Crippen molar-refractivity contribution in [3.8, 4) is 0 Å². The van der Waals surface area contributed by atoms with Crippen molar-refractivity contribution in [3.05, 3.63) is 0 Å². The minimum atomic E-state index is -1.06. The predicted octanol–water partition coefficient (Wildman–Crippen LogP) is 1.63. The molecule has 0 aliphatic carbocycles. The molecule has 1 heterocycles. The van der Waals surface area contributed by atoms with Gasteiger partial charge in [-0.25, -0.2) is 0 Å². The number of hydrogen-bond donors (Lipinski definition) is 0. The summed E-state index contributed by atoms with van der Waals surface area (Å²) in [4.78, 5) is 23.6. The van der Waals surface area contributed by atoms with Gasteiger partial charge in [-0.2, -0.15) is 11.8 Å². The van der Waals surface area contributed by atoms with Crippen LogP contribution in [0.15, 0.2) is 0 Å². The lowest BCUT2D eigenvalue weighted by molar-refractivity contribution is -0.170. The van der Waals surface area contributed by atoms with Crippen LogP contribution in [-0.2, 0) is 19.1 Å². The van der Waals surface area contributed by atoms with Crippen molar-refractivity contribution in [2.75, 3.05) is 25.7 Å². The lowest BCUT2D eigenvalue weighted by Crippen LogP contribution is -2.42.